The fourth-order valence-corrected chi connectivity index (χ4v) is 11.5. The Morgan fingerprint density at radius 1 is 1.10 bits per heavy atom. The molecule has 6 bridgehead atoms. The van der Waals surface area contributed by atoms with E-state index in [1.165, 1.54) is 32.2 Å². The van der Waals surface area contributed by atoms with Crippen LogP contribution in [-0.4, -0.2) is 149 Å². The summed E-state index contributed by atoms with van der Waals surface area (Å²) in [6.07, 6.45) is 4.91. The highest BCUT2D eigenvalue weighted by Crippen LogP contribution is 2.45. The Bertz CT molecular complexity index is 2640. The summed E-state index contributed by atoms with van der Waals surface area (Å²) in [6.45, 7) is 17.7. The quantitative estimate of drug-likeness (QED) is 0.106. The molecule has 7 heterocycles. The molecule has 1 spiro atoms. The number of ether oxygens (including phenoxy) is 2. The number of hydrogen-bond acceptors (Lipinski definition) is 11. The minimum absolute atomic E-state index is 0.0428. The molecule has 4 aliphatic heterocycles. The molecule has 4 aromatic rings. The molecular formula is C49H61N9O7SSi. The van der Waals surface area contributed by atoms with Crippen molar-refractivity contribution in [2.45, 2.75) is 104 Å². The fraction of sp³-hybridized carbons (Fsp3) is 0.510. The highest BCUT2D eigenvalue weighted by atomic mass is 32.1. The second-order valence-corrected chi connectivity index (χ2v) is 20.6. The second-order valence-electron chi connectivity index (χ2n) is 19.2. The van der Waals surface area contributed by atoms with Crippen LogP contribution in [0.1, 0.15) is 83.2 Å². The first-order valence-corrected chi connectivity index (χ1v) is 24.5. The number of fused-ring (bicyclic) bond motifs is 6. The summed E-state index contributed by atoms with van der Waals surface area (Å²) in [4.78, 5) is 86.7. The number of cyclic esters (lactones) is 1. The minimum Gasteiger partial charge on any atom is -0.464 e. The third-order valence-corrected chi connectivity index (χ3v) is 15.1. The number of rotatable bonds is 8. The Morgan fingerprint density at radius 2 is 1.87 bits per heavy atom. The van der Waals surface area contributed by atoms with Crippen LogP contribution in [-0.2, 0) is 48.0 Å². The summed E-state index contributed by atoms with van der Waals surface area (Å²) in [7, 11) is 7.03. The summed E-state index contributed by atoms with van der Waals surface area (Å²) in [5.41, 5.74) is 7.71. The third-order valence-electron chi connectivity index (χ3n) is 13.6. The van der Waals surface area contributed by atoms with Crippen LogP contribution in [0, 0.1) is 11.3 Å². The van der Waals surface area contributed by atoms with Crippen molar-refractivity contribution in [3.63, 3.8) is 0 Å². The lowest BCUT2D eigenvalue weighted by molar-refractivity contribution is -0.156. The lowest BCUT2D eigenvalue weighted by atomic mass is 9.84. The molecule has 3 fully saturated rings. The molecule has 354 valence electrons. The number of nitrogens with zero attached hydrogens (tertiary/aromatic N) is 8. The average molecular weight is 948 g/mol. The number of hydrogen-bond donors (Lipinski definition) is 1. The number of carbonyl (C=O) groups excluding carboxylic acids is 5. The molecule has 2 radical (unpaired) electrons. The summed E-state index contributed by atoms with van der Waals surface area (Å²) >= 11 is 1.41. The number of benzene rings is 1. The average Bonchev–Trinajstić information content (AvgIpc) is 3.55. The van der Waals surface area contributed by atoms with E-state index in [-0.39, 0.29) is 37.6 Å². The number of methoxy groups -OCH3 is 1. The predicted molar refractivity (Wildman–Crippen MR) is 258 cm³/mol. The van der Waals surface area contributed by atoms with Gasteiger partial charge in [-0.15, -0.1) is 11.3 Å². The number of likely N-dealkylation sites (N-methyl/N-ethyl adjacent to an activating group) is 1. The molecule has 1 aromatic carbocycles. The molecule has 1 unspecified atom stereocenters. The Balaban J connectivity index is 1.20. The van der Waals surface area contributed by atoms with Gasteiger partial charge in [0, 0.05) is 91.1 Å². The monoisotopic (exact) mass is 947 g/mol. The number of thiazole rings is 1. The van der Waals surface area contributed by atoms with Gasteiger partial charge in [-0.2, -0.15) is 0 Å². The van der Waals surface area contributed by atoms with Gasteiger partial charge < -0.3 is 28.7 Å². The van der Waals surface area contributed by atoms with Gasteiger partial charge in [-0.3, -0.25) is 34.1 Å². The number of hydrazine groups is 1. The number of carbonyl (C=O) groups is 5. The van der Waals surface area contributed by atoms with E-state index in [0.717, 1.165) is 44.7 Å². The van der Waals surface area contributed by atoms with Gasteiger partial charge in [0.05, 0.1) is 51.3 Å². The molecule has 18 heteroatoms. The maximum absolute atomic E-state index is 15.2. The molecule has 5 amide bonds. The molecule has 4 aliphatic rings. The Labute approximate surface area is 399 Å². The lowest BCUT2D eigenvalue weighted by Gasteiger charge is -2.40. The number of pyridine rings is 1. The van der Waals surface area contributed by atoms with Crippen molar-refractivity contribution in [3.8, 4) is 22.5 Å². The van der Waals surface area contributed by atoms with Crippen molar-refractivity contribution in [1.82, 2.24) is 44.6 Å². The van der Waals surface area contributed by atoms with E-state index in [0.29, 0.717) is 62.2 Å². The maximum Gasteiger partial charge on any atom is 0.324 e. The van der Waals surface area contributed by atoms with E-state index in [1.54, 1.807) is 30.2 Å². The number of esters is 1. The number of nitrogens with one attached hydrogen (secondary N) is 1. The topological polar surface area (TPSA) is 163 Å². The van der Waals surface area contributed by atoms with Crippen LogP contribution in [0.4, 0.5) is 4.79 Å². The molecule has 3 saturated heterocycles. The summed E-state index contributed by atoms with van der Waals surface area (Å²) < 4.78 is 14.3. The molecule has 3 aromatic heterocycles. The highest BCUT2D eigenvalue weighted by molar-refractivity contribution is 7.10. The molecule has 1 N–H and O–H groups in total. The number of urea groups is 1. The van der Waals surface area contributed by atoms with E-state index >= 15 is 9.59 Å². The van der Waals surface area contributed by atoms with E-state index in [1.807, 2.05) is 32.2 Å². The van der Waals surface area contributed by atoms with Crippen LogP contribution in [0.3, 0.4) is 0 Å². The second kappa shape index (κ2) is 18.8. The van der Waals surface area contributed by atoms with E-state index in [2.05, 4.69) is 71.5 Å². The fourth-order valence-electron chi connectivity index (χ4n) is 10.1. The van der Waals surface area contributed by atoms with Gasteiger partial charge in [-0.25, -0.2) is 15.2 Å². The maximum atomic E-state index is 15.2. The van der Waals surface area contributed by atoms with E-state index in [4.69, 9.17) is 19.4 Å². The minimum atomic E-state index is -1.53. The first kappa shape index (κ1) is 47.9. The molecule has 16 nitrogen and oxygen atoms in total. The molecule has 0 aliphatic carbocycles. The van der Waals surface area contributed by atoms with E-state index < -0.39 is 46.9 Å². The van der Waals surface area contributed by atoms with Crippen molar-refractivity contribution in [1.29, 1.82) is 0 Å². The Hall–Kier alpha value is -5.56. The number of aryl methyl sites for hydroxylation is 1. The highest BCUT2D eigenvalue weighted by Gasteiger charge is 2.68. The lowest BCUT2D eigenvalue weighted by Crippen LogP contribution is -2.60. The Kier molecular flexibility index (Phi) is 13.5. The predicted octanol–water partition coefficient (Wildman–Crippen LogP) is 5.35. The van der Waals surface area contributed by atoms with Crippen molar-refractivity contribution in [2.24, 2.45) is 11.3 Å². The molecule has 8 rings (SSSR count). The first-order valence-electron chi connectivity index (χ1n) is 23.1. The van der Waals surface area contributed by atoms with Crippen molar-refractivity contribution in [2.75, 3.05) is 47.1 Å². The van der Waals surface area contributed by atoms with Crippen LogP contribution in [0.2, 0.25) is 0 Å². The van der Waals surface area contributed by atoms with Crippen molar-refractivity contribution in [3.05, 3.63) is 70.8 Å². The molecule has 0 saturated carbocycles. The van der Waals surface area contributed by atoms with Crippen molar-refractivity contribution < 1.29 is 33.4 Å². The van der Waals surface area contributed by atoms with Gasteiger partial charge in [0.2, 0.25) is 5.91 Å². The summed E-state index contributed by atoms with van der Waals surface area (Å²) in [5, 5.41) is 5.42. The smallest absolute Gasteiger partial charge is 0.324 e. The molecule has 4 atom stereocenters. The van der Waals surface area contributed by atoms with Gasteiger partial charge in [0.25, 0.3) is 11.8 Å². The van der Waals surface area contributed by atoms with Crippen LogP contribution in [0.25, 0.3) is 33.4 Å². The van der Waals surface area contributed by atoms with Gasteiger partial charge in [-0.05, 0) is 81.4 Å². The molecular weight excluding hydrogens is 887 g/mol. The van der Waals surface area contributed by atoms with E-state index in [9.17, 15) is 14.4 Å². The summed E-state index contributed by atoms with van der Waals surface area (Å²) in [6, 6.07) is 8.21. The number of aromatic nitrogens is 3. The Morgan fingerprint density at radius 3 is 2.58 bits per heavy atom. The SMILES string of the molecule is C=CC(=O)N1CCCN(C(=O)N(C)[C@H](C(=O)N2C(=[Si])C23Cc2nc(cs2)-c2ccc4c(c2)c(c(-c2cccnc2[C@H](C)OC)n4CC)CC(C)(C)COC(=O)[C@@H]2CCCN(N2)C3=O)C(C)C)C1. The zero-order valence-electron chi connectivity index (χ0n) is 39.8. The van der Waals surface area contributed by atoms with Crippen LogP contribution in [0.5, 0.6) is 0 Å². The molecule has 67 heavy (non-hydrogen) atoms. The van der Waals surface area contributed by atoms with Gasteiger partial charge >= 0.3 is 12.0 Å². The van der Waals surface area contributed by atoms with Crippen LogP contribution < -0.4 is 5.43 Å². The summed E-state index contributed by atoms with van der Waals surface area (Å²) in [5.74, 6) is -1.97. The zero-order valence-corrected chi connectivity index (χ0v) is 41.6. The van der Waals surface area contributed by atoms with Gasteiger partial charge in [-0.1, -0.05) is 40.3 Å². The largest absolute Gasteiger partial charge is 0.464 e. The normalized spacial score (nSPS) is 21.9. The van der Waals surface area contributed by atoms with Gasteiger partial charge in [0.15, 0.2) is 5.54 Å². The van der Waals surface area contributed by atoms with Crippen LogP contribution >= 0.6 is 11.3 Å². The standard InChI is InChI=1S/C49H61N9O7SSi/c1-10-39(59)54-20-14-21-55(28-54)47(63)53(8)41(29(3)4)43(60)58-46(67)49(58)25-38-51-36(26-66-38)31-17-18-37-33(23-31)34(42(56(37)11-2)32-15-12-19-50-40(32)30(5)64-9)24-48(6,7)27-65-44(61)35-16-13-22-57(52-35)45(49)62/h10,12,15,17-19,23,26,29-30,35,41,52H,1,11,13-14,16,20-22,24-25,27-28H2,2-9H3/t30-,35-,41-,49?,58?/m0/s1. The van der Waals surface area contributed by atoms with Crippen LogP contribution in [0.15, 0.2) is 54.6 Å². The first-order chi connectivity index (χ1) is 32.0. The van der Waals surface area contributed by atoms with Gasteiger partial charge in [0.1, 0.15) is 12.1 Å². The third kappa shape index (κ3) is 8.77. The number of amides is 5. The van der Waals surface area contributed by atoms with Crippen molar-refractivity contribution >= 4 is 67.1 Å². The zero-order chi connectivity index (χ0) is 48.1.